The average molecular weight is 457 g/mol. The molecule has 1 heterocycles. The zero-order valence-electron chi connectivity index (χ0n) is 17.1. The summed E-state index contributed by atoms with van der Waals surface area (Å²) in [6.07, 6.45) is 4.29. The molecule has 0 spiro atoms. The van der Waals surface area contributed by atoms with Gasteiger partial charge in [-0.3, -0.25) is 15.0 Å². The largest absolute Gasteiger partial charge is 0.335 e. The summed E-state index contributed by atoms with van der Waals surface area (Å²) in [7, 11) is -3.62. The zero-order valence-corrected chi connectivity index (χ0v) is 18.7. The second-order valence-electron chi connectivity index (χ2n) is 8.03. The van der Waals surface area contributed by atoms with E-state index in [-0.39, 0.29) is 36.5 Å². The number of imide groups is 1. The molecule has 166 valence electrons. The number of hydrogen-bond acceptors (Lipinski definition) is 5. The Kier molecular flexibility index (Phi) is 7.73. The maximum Gasteiger partial charge on any atom is 0.321 e. The lowest BCUT2D eigenvalue weighted by Crippen LogP contribution is -2.53. The van der Waals surface area contributed by atoms with E-state index in [4.69, 9.17) is 11.6 Å². The number of rotatable bonds is 5. The minimum absolute atomic E-state index is 0.0543. The van der Waals surface area contributed by atoms with Crippen LogP contribution in [0.1, 0.15) is 32.6 Å². The molecule has 30 heavy (non-hydrogen) atoms. The van der Waals surface area contributed by atoms with Gasteiger partial charge in [0.2, 0.25) is 15.9 Å². The third kappa shape index (κ3) is 5.94. The summed E-state index contributed by atoms with van der Waals surface area (Å²) in [5.74, 6) is 0.0243. The summed E-state index contributed by atoms with van der Waals surface area (Å²) in [6.45, 7) is 3.53. The number of sulfonamides is 1. The van der Waals surface area contributed by atoms with Crippen molar-refractivity contribution in [2.24, 2.45) is 5.92 Å². The van der Waals surface area contributed by atoms with E-state index in [1.165, 1.54) is 22.9 Å². The van der Waals surface area contributed by atoms with Crippen LogP contribution in [0.15, 0.2) is 29.2 Å². The summed E-state index contributed by atoms with van der Waals surface area (Å²) >= 11 is 5.91. The van der Waals surface area contributed by atoms with Gasteiger partial charge in [-0.2, -0.15) is 4.31 Å². The Labute approximate surface area is 183 Å². The fraction of sp³-hybridized carbons (Fsp3) is 0.600. The molecule has 10 heteroatoms. The molecule has 0 radical (unpaired) electrons. The van der Waals surface area contributed by atoms with Gasteiger partial charge in [-0.25, -0.2) is 13.2 Å². The minimum Gasteiger partial charge on any atom is -0.335 e. The van der Waals surface area contributed by atoms with Crippen LogP contribution in [0.25, 0.3) is 0 Å². The summed E-state index contributed by atoms with van der Waals surface area (Å²) in [5, 5.41) is 5.66. The van der Waals surface area contributed by atoms with E-state index in [9.17, 15) is 18.0 Å². The Morgan fingerprint density at radius 1 is 1.13 bits per heavy atom. The Morgan fingerprint density at radius 3 is 2.50 bits per heavy atom. The van der Waals surface area contributed by atoms with E-state index >= 15 is 0 Å². The number of piperazine rings is 1. The number of urea groups is 1. The second kappa shape index (κ2) is 10.1. The zero-order chi connectivity index (χ0) is 21.7. The quantitative estimate of drug-likeness (QED) is 0.706. The Morgan fingerprint density at radius 2 is 1.83 bits per heavy atom. The fourth-order valence-electron chi connectivity index (χ4n) is 4.01. The molecule has 0 bridgehead atoms. The van der Waals surface area contributed by atoms with E-state index in [0.29, 0.717) is 24.0 Å². The van der Waals surface area contributed by atoms with E-state index in [2.05, 4.69) is 17.6 Å². The van der Waals surface area contributed by atoms with E-state index in [1.54, 1.807) is 12.1 Å². The number of benzene rings is 1. The molecule has 1 aromatic rings. The maximum atomic E-state index is 12.7. The van der Waals surface area contributed by atoms with Crippen LogP contribution in [0.3, 0.4) is 0 Å². The number of carbonyl (C=O) groups excluding carboxylic acids is 2. The van der Waals surface area contributed by atoms with Crippen molar-refractivity contribution in [3.05, 3.63) is 29.3 Å². The highest BCUT2D eigenvalue weighted by atomic mass is 35.5. The van der Waals surface area contributed by atoms with Gasteiger partial charge >= 0.3 is 6.03 Å². The van der Waals surface area contributed by atoms with Gasteiger partial charge in [-0.15, -0.1) is 0 Å². The highest BCUT2D eigenvalue weighted by molar-refractivity contribution is 7.89. The molecule has 2 N–H and O–H groups in total. The van der Waals surface area contributed by atoms with Crippen LogP contribution >= 0.6 is 11.6 Å². The third-order valence-corrected chi connectivity index (χ3v) is 7.94. The predicted octanol–water partition coefficient (Wildman–Crippen LogP) is 2.05. The summed E-state index contributed by atoms with van der Waals surface area (Å²) < 4.78 is 26.9. The van der Waals surface area contributed by atoms with E-state index in [0.717, 1.165) is 19.3 Å². The van der Waals surface area contributed by atoms with Crippen molar-refractivity contribution in [2.45, 2.75) is 43.5 Å². The summed E-state index contributed by atoms with van der Waals surface area (Å²) in [5.41, 5.74) is 0. The normalized spacial score (nSPS) is 23.7. The molecule has 1 saturated heterocycles. The molecule has 3 amide bonds. The van der Waals surface area contributed by atoms with E-state index < -0.39 is 16.1 Å². The van der Waals surface area contributed by atoms with Gasteiger partial charge in [0.25, 0.3) is 0 Å². The molecular weight excluding hydrogens is 428 g/mol. The van der Waals surface area contributed by atoms with Gasteiger partial charge in [-0.1, -0.05) is 37.4 Å². The monoisotopic (exact) mass is 456 g/mol. The molecule has 1 saturated carbocycles. The first-order valence-electron chi connectivity index (χ1n) is 10.3. The molecule has 2 atom stereocenters. The van der Waals surface area contributed by atoms with Crippen molar-refractivity contribution in [1.82, 2.24) is 19.8 Å². The van der Waals surface area contributed by atoms with Crippen LogP contribution in [0.4, 0.5) is 4.79 Å². The Balaban J connectivity index is 1.45. The molecule has 1 aromatic carbocycles. The van der Waals surface area contributed by atoms with Gasteiger partial charge in [0.15, 0.2) is 0 Å². The Bertz CT molecular complexity index is 871. The molecule has 2 fully saturated rings. The molecule has 2 aliphatic rings. The fourth-order valence-corrected chi connectivity index (χ4v) is 5.73. The first-order chi connectivity index (χ1) is 14.3. The first kappa shape index (κ1) is 23.0. The minimum atomic E-state index is -3.62. The Hall–Kier alpha value is -1.68. The highest BCUT2D eigenvalue weighted by Crippen LogP contribution is 2.23. The van der Waals surface area contributed by atoms with Crippen LogP contribution in [0.5, 0.6) is 0 Å². The highest BCUT2D eigenvalue weighted by Gasteiger charge is 2.29. The second-order valence-corrected chi connectivity index (χ2v) is 10.4. The smallest absolute Gasteiger partial charge is 0.321 e. The predicted molar refractivity (Wildman–Crippen MR) is 115 cm³/mol. The van der Waals surface area contributed by atoms with Crippen molar-refractivity contribution >= 4 is 33.6 Å². The van der Waals surface area contributed by atoms with Crippen molar-refractivity contribution in [3.8, 4) is 0 Å². The number of halogens is 1. The SMILES string of the molecule is CC1CCCCC1NC(=O)NC(=O)CN1CCN(S(=O)(=O)c2cccc(Cl)c2)CC1. The number of nitrogens with one attached hydrogen (secondary N) is 2. The first-order valence-corrected chi connectivity index (χ1v) is 12.2. The number of nitrogens with zero attached hydrogens (tertiary/aromatic N) is 2. The van der Waals surface area contributed by atoms with Crippen LogP contribution in [0, 0.1) is 5.92 Å². The number of amides is 3. The van der Waals surface area contributed by atoms with Gasteiger partial charge in [0.1, 0.15) is 0 Å². The van der Waals surface area contributed by atoms with Gasteiger partial charge < -0.3 is 5.32 Å². The van der Waals surface area contributed by atoms with Crippen molar-refractivity contribution in [2.75, 3.05) is 32.7 Å². The average Bonchev–Trinajstić information content (AvgIpc) is 2.70. The van der Waals surface area contributed by atoms with Crippen LogP contribution in [-0.2, 0) is 14.8 Å². The molecular formula is C20H29ClN4O4S. The standard InChI is InChI=1S/C20H29ClN4O4S/c1-15-5-2-3-8-18(15)22-20(27)23-19(26)14-24-9-11-25(12-10-24)30(28,29)17-7-4-6-16(21)13-17/h4,6-7,13,15,18H,2-3,5,8-12,14H2,1H3,(H2,22,23,26,27). The lowest BCUT2D eigenvalue weighted by Gasteiger charge is -2.33. The maximum absolute atomic E-state index is 12.7. The van der Waals surface area contributed by atoms with Crippen LogP contribution < -0.4 is 10.6 Å². The van der Waals surface area contributed by atoms with Gasteiger partial charge in [0, 0.05) is 37.2 Å². The lowest BCUT2D eigenvalue weighted by molar-refractivity contribution is -0.121. The number of hydrogen-bond donors (Lipinski definition) is 2. The van der Waals surface area contributed by atoms with Crippen LogP contribution in [-0.4, -0.2) is 68.3 Å². The molecule has 8 nitrogen and oxygen atoms in total. The van der Waals surface area contributed by atoms with E-state index in [1.807, 2.05) is 4.90 Å². The van der Waals surface area contributed by atoms with Gasteiger partial charge in [-0.05, 0) is 37.0 Å². The van der Waals surface area contributed by atoms with Crippen LogP contribution in [0.2, 0.25) is 5.02 Å². The summed E-state index contributed by atoms with van der Waals surface area (Å²) in [4.78, 5) is 26.3. The third-order valence-electron chi connectivity index (χ3n) is 5.81. The summed E-state index contributed by atoms with van der Waals surface area (Å²) in [6, 6.07) is 5.83. The van der Waals surface area contributed by atoms with Crippen molar-refractivity contribution in [1.29, 1.82) is 0 Å². The number of carbonyl (C=O) groups is 2. The van der Waals surface area contributed by atoms with Gasteiger partial charge in [0.05, 0.1) is 11.4 Å². The molecule has 3 rings (SSSR count). The molecule has 2 unspecified atom stereocenters. The van der Waals surface area contributed by atoms with Crippen molar-refractivity contribution < 1.29 is 18.0 Å². The molecule has 0 aromatic heterocycles. The lowest BCUT2D eigenvalue weighted by atomic mass is 9.86. The molecule has 1 aliphatic carbocycles. The molecule has 1 aliphatic heterocycles. The van der Waals surface area contributed by atoms with Crippen molar-refractivity contribution in [3.63, 3.8) is 0 Å². The topological polar surface area (TPSA) is 98.8 Å².